The Bertz CT molecular complexity index is 687. The monoisotopic (exact) mass is 214 g/mol. The quantitative estimate of drug-likeness (QED) is 0.701. The molecule has 0 atom stereocenters. The molecular formula is C11H10N4O. The summed E-state index contributed by atoms with van der Waals surface area (Å²) in [4.78, 5) is 16.5. The van der Waals surface area contributed by atoms with Crippen molar-refractivity contribution in [1.82, 2.24) is 14.6 Å². The van der Waals surface area contributed by atoms with Gasteiger partial charge in [0.25, 0.3) is 5.56 Å². The lowest BCUT2D eigenvalue weighted by atomic mass is 10.2. The molecule has 0 aromatic carbocycles. The first kappa shape index (κ1) is 9.16. The molecule has 0 aliphatic heterocycles. The third kappa shape index (κ3) is 0.986. The first-order chi connectivity index (χ1) is 7.72. The van der Waals surface area contributed by atoms with Gasteiger partial charge in [0.05, 0.1) is 11.4 Å². The lowest BCUT2D eigenvalue weighted by molar-refractivity contribution is 0.856. The van der Waals surface area contributed by atoms with Crippen molar-refractivity contribution in [3.05, 3.63) is 32.9 Å². The highest BCUT2D eigenvalue weighted by Gasteiger charge is 2.21. The summed E-state index contributed by atoms with van der Waals surface area (Å²) in [6.07, 6.45) is 2.62. The fourth-order valence-electron chi connectivity index (χ4n) is 2.29. The third-order valence-corrected chi connectivity index (χ3v) is 3.09. The van der Waals surface area contributed by atoms with Gasteiger partial charge in [-0.2, -0.15) is 9.78 Å². The fourth-order valence-corrected chi connectivity index (χ4v) is 2.29. The predicted molar refractivity (Wildman–Crippen MR) is 57.3 cm³/mol. The van der Waals surface area contributed by atoms with Gasteiger partial charge in [-0.15, -0.1) is 0 Å². The van der Waals surface area contributed by atoms with Crippen LogP contribution in [0, 0.1) is 18.3 Å². The van der Waals surface area contributed by atoms with E-state index in [1.165, 1.54) is 4.52 Å². The molecule has 80 valence electrons. The molecule has 1 aliphatic carbocycles. The average molecular weight is 214 g/mol. The number of aromatic nitrogens is 3. The van der Waals surface area contributed by atoms with E-state index in [-0.39, 0.29) is 5.56 Å². The maximum Gasteiger partial charge on any atom is 0.276 e. The van der Waals surface area contributed by atoms with Gasteiger partial charge in [0.15, 0.2) is 5.65 Å². The highest BCUT2D eigenvalue weighted by molar-refractivity contribution is 5.58. The van der Waals surface area contributed by atoms with Crippen LogP contribution >= 0.6 is 0 Å². The van der Waals surface area contributed by atoms with Crippen molar-refractivity contribution in [1.29, 1.82) is 5.26 Å². The Balaban J connectivity index is 2.52. The summed E-state index contributed by atoms with van der Waals surface area (Å²) in [6.45, 7) is 1.78. The number of nitrogens with zero attached hydrogens (tertiary/aromatic N) is 3. The molecule has 0 spiro atoms. The second-order valence-corrected chi connectivity index (χ2v) is 4.08. The summed E-state index contributed by atoms with van der Waals surface area (Å²) in [5.41, 5.74) is 3.22. The van der Waals surface area contributed by atoms with Crippen molar-refractivity contribution in [2.45, 2.75) is 26.2 Å². The summed E-state index contributed by atoms with van der Waals surface area (Å²) in [7, 11) is 0. The van der Waals surface area contributed by atoms with E-state index in [0.717, 1.165) is 30.5 Å². The molecule has 5 heteroatoms. The largest absolute Gasteiger partial charge is 0.293 e. The highest BCUT2D eigenvalue weighted by atomic mass is 16.1. The SMILES string of the molecule is Cc1[nH]n2c(=O)c3c(nc2c1C#N)CCC3. The van der Waals surface area contributed by atoms with Crippen LogP contribution in [0.3, 0.4) is 0 Å². The van der Waals surface area contributed by atoms with E-state index in [1.54, 1.807) is 6.92 Å². The van der Waals surface area contributed by atoms with Gasteiger partial charge < -0.3 is 0 Å². The summed E-state index contributed by atoms with van der Waals surface area (Å²) >= 11 is 0. The number of hydrogen-bond donors (Lipinski definition) is 1. The minimum absolute atomic E-state index is 0.0536. The van der Waals surface area contributed by atoms with Gasteiger partial charge in [-0.1, -0.05) is 0 Å². The Morgan fingerprint density at radius 1 is 1.50 bits per heavy atom. The Labute approximate surface area is 91.3 Å². The number of aryl methyl sites for hydroxylation is 2. The van der Waals surface area contributed by atoms with Crippen molar-refractivity contribution < 1.29 is 0 Å². The van der Waals surface area contributed by atoms with E-state index >= 15 is 0 Å². The molecule has 0 fully saturated rings. The molecule has 0 unspecified atom stereocenters. The molecule has 0 saturated heterocycles. The Kier molecular flexibility index (Phi) is 1.69. The van der Waals surface area contributed by atoms with E-state index in [0.29, 0.717) is 16.9 Å². The first-order valence-electron chi connectivity index (χ1n) is 5.25. The summed E-state index contributed by atoms with van der Waals surface area (Å²) < 4.78 is 1.39. The second kappa shape index (κ2) is 2.95. The van der Waals surface area contributed by atoms with Gasteiger partial charge in [0.2, 0.25) is 0 Å². The molecule has 0 radical (unpaired) electrons. The smallest absolute Gasteiger partial charge is 0.276 e. The molecule has 3 rings (SSSR count). The second-order valence-electron chi connectivity index (χ2n) is 4.08. The number of nitrogens with one attached hydrogen (secondary N) is 1. The topological polar surface area (TPSA) is 73.9 Å². The zero-order chi connectivity index (χ0) is 11.3. The van der Waals surface area contributed by atoms with Crippen LogP contribution in [0.15, 0.2) is 4.79 Å². The Morgan fingerprint density at radius 2 is 2.31 bits per heavy atom. The number of fused-ring (bicyclic) bond motifs is 2. The van der Waals surface area contributed by atoms with Gasteiger partial charge in [-0.25, -0.2) is 4.98 Å². The normalized spacial score (nSPS) is 14.0. The van der Waals surface area contributed by atoms with Crippen molar-refractivity contribution >= 4 is 5.65 Å². The van der Waals surface area contributed by atoms with Crippen molar-refractivity contribution in [3.63, 3.8) is 0 Å². The number of aromatic amines is 1. The maximum absolute atomic E-state index is 12.1. The molecular weight excluding hydrogens is 204 g/mol. The Morgan fingerprint density at radius 3 is 3.06 bits per heavy atom. The van der Waals surface area contributed by atoms with Crippen LogP contribution in [0.25, 0.3) is 5.65 Å². The molecule has 1 aliphatic rings. The number of hydrogen-bond acceptors (Lipinski definition) is 3. The maximum atomic E-state index is 12.1. The van der Waals surface area contributed by atoms with Gasteiger partial charge >= 0.3 is 0 Å². The van der Waals surface area contributed by atoms with Crippen molar-refractivity contribution in [2.24, 2.45) is 0 Å². The van der Waals surface area contributed by atoms with Gasteiger partial charge in [-0.05, 0) is 26.2 Å². The first-order valence-corrected chi connectivity index (χ1v) is 5.25. The number of H-pyrrole nitrogens is 1. The predicted octanol–water partition coefficient (Wildman–Crippen LogP) is 0.691. The Hall–Kier alpha value is -2.09. The average Bonchev–Trinajstić information content (AvgIpc) is 2.83. The van der Waals surface area contributed by atoms with E-state index in [1.807, 2.05) is 0 Å². The van der Waals surface area contributed by atoms with Crippen LogP contribution in [0.1, 0.15) is 28.9 Å². The van der Waals surface area contributed by atoms with Crippen LogP contribution in [0.2, 0.25) is 0 Å². The van der Waals surface area contributed by atoms with Gasteiger partial charge in [0, 0.05) is 5.56 Å². The molecule has 2 aromatic heterocycles. The molecule has 16 heavy (non-hydrogen) atoms. The molecule has 0 saturated carbocycles. The summed E-state index contributed by atoms with van der Waals surface area (Å²) in [6, 6.07) is 2.08. The van der Waals surface area contributed by atoms with Crippen LogP contribution in [-0.4, -0.2) is 14.6 Å². The molecule has 1 N–H and O–H groups in total. The minimum Gasteiger partial charge on any atom is -0.293 e. The zero-order valence-corrected chi connectivity index (χ0v) is 8.87. The molecule has 0 amide bonds. The molecule has 2 aromatic rings. The third-order valence-electron chi connectivity index (χ3n) is 3.09. The summed E-state index contributed by atoms with van der Waals surface area (Å²) in [5.74, 6) is 0. The van der Waals surface area contributed by atoms with E-state index in [2.05, 4.69) is 16.2 Å². The number of rotatable bonds is 0. The van der Waals surface area contributed by atoms with E-state index in [4.69, 9.17) is 5.26 Å². The molecule has 5 nitrogen and oxygen atoms in total. The standard InChI is InChI=1S/C11H10N4O/c1-6-8(5-12)10-13-9-4-2-3-7(9)11(16)15(10)14-6/h14H,2-4H2,1H3. The van der Waals surface area contributed by atoms with Gasteiger partial charge in [0.1, 0.15) is 11.6 Å². The molecule has 0 bridgehead atoms. The van der Waals surface area contributed by atoms with Crippen LogP contribution in [0.5, 0.6) is 0 Å². The van der Waals surface area contributed by atoms with Crippen LogP contribution < -0.4 is 5.56 Å². The van der Waals surface area contributed by atoms with Crippen molar-refractivity contribution in [3.8, 4) is 6.07 Å². The highest BCUT2D eigenvalue weighted by Crippen LogP contribution is 2.19. The van der Waals surface area contributed by atoms with Gasteiger partial charge in [-0.3, -0.25) is 9.89 Å². The molecule has 2 heterocycles. The lowest BCUT2D eigenvalue weighted by Gasteiger charge is -1.98. The van der Waals surface area contributed by atoms with E-state index < -0.39 is 0 Å². The van der Waals surface area contributed by atoms with Crippen LogP contribution in [0.4, 0.5) is 0 Å². The minimum atomic E-state index is -0.0536. The number of nitriles is 1. The fraction of sp³-hybridized carbons (Fsp3) is 0.364. The van der Waals surface area contributed by atoms with Crippen molar-refractivity contribution in [2.75, 3.05) is 0 Å². The zero-order valence-electron chi connectivity index (χ0n) is 8.87. The van der Waals surface area contributed by atoms with Crippen LogP contribution in [-0.2, 0) is 12.8 Å². The summed E-state index contributed by atoms with van der Waals surface area (Å²) in [5, 5.41) is 11.9. The van der Waals surface area contributed by atoms with E-state index in [9.17, 15) is 4.79 Å². The lowest BCUT2D eigenvalue weighted by Crippen LogP contribution is -2.20.